The Balaban J connectivity index is 1.57. The number of carbonyl (C=O) groups is 1. The molecule has 2 aromatic rings. The maximum atomic E-state index is 12.1. The van der Waals surface area contributed by atoms with Crippen LogP contribution in [0, 0.1) is 6.92 Å². The fraction of sp³-hybridized carbons (Fsp3) is 0.444. The molecule has 9 nitrogen and oxygen atoms in total. The summed E-state index contributed by atoms with van der Waals surface area (Å²) in [6.07, 6.45) is 3.84. The molecule has 0 spiro atoms. The van der Waals surface area contributed by atoms with Crippen molar-refractivity contribution in [2.45, 2.75) is 32.4 Å². The number of nitrogens with zero attached hydrogens (tertiary/aromatic N) is 4. The first-order valence-electron chi connectivity index (χ1n) is 8.97. The fourth-order valence-electron chi connectivity index (χ4n) is 3.17. The van der Waals surface area contributed by atoms with Crippen molar-refractivity contribution in [3.63, 3.8) is 0 Å². The first-order valence-corrected chi connectivity index (χ1v) is 8.97. The highest BCUT2D eigenvalue weighted by Crippen LogP contribution is 2.34. The Morgan fingerprint density at radius 3 is 3.04 bits per heavy atom. The zero-order valence-electron chi connectivity index (χ0n) is 15.1. The molecule has 142 valence electrons. The number of nitrogens with two attached hydrogens (primary N) is 1. The molecule has 4 rings (SSSR count). The predicted molar refractivity (Wildman–Crippen MR) is 99.6 cm³/mol. The normalized spacial score (nSPS) is 18.9. The Morgan fingerprint density at radius 2 is 2.30 bits per heavy atom. The number of fused-ring (bicyclic) bond motifs is 1. The van der Waals surface area contributed by atoms with Crippen molar-refractivity contribution in [1.29, 1.82) is 0 Å². The maximum absolute atomic E-state index is 12.1. The largest absolute Gasteiger partial charge is 0.461 e. The molecule has 9 heteroatoms. The van der Waals surface area contributed by atoms with Gasteiger partial charge in [-0.15, -0.1) is 0 Å². The van der Waals surface area contributed by atoms with E-state index in [9.17, 15) is 4.79 Å². The third-order valence-corrected chi connectivity index (χ3v) is 4.56. The SMILES string of the molecule is Cc1ccc(CN2CC(=O)Nc3c(N)nc(OCC4CCCO4)nc32)cn1. The van der Waals surface area contributed by atoms with Crippen molar-refractivity contribution in [1.82, 2.24) is 15.0 Å². The molecule has 2 aliphatic rings. The zero-order chi connectivity index (χ0) is 18.8. The number of nitrogens with one attached hydrogen (secondary N) is 1. The van der Waals surface area contributed by atoms with Crippen molar-refractivity contribution < 1.29 is 14.3 Å². The number of hydrogen-bond acceptors (Lipinski definition) is 8. The van der Waals surface area contributed by atoms with Crippen LogP contribution in [0.2, 0.25) is 0 Å². The van der Waals surface area contributed by atoms with Crippen LogP contribution in [0.1, 0.15) is 24.1 Å². The van der Waals surface area contributed by atoms with Crippen molar-refractivity contribution in [3.05, 3.63) is 29.6 Å². The van der Waals surface area contributed by atoms with Gasteiger partial charge >= 0.3 is 6.01 Å². The molecule has 1 atom stereocenters. The number of carbonyl (C=O) groups excluding carboxylic acids is 1. The lowest BCUT2D eigenvalue weighted by Gasteiger charge is -2.30. The summed E-state index contributed by atoms with van der Waals surface area (Å²) in [6, 6.07) is 4.10. The van der Waals surface area contributed by atoms with Gasteiger partial charge in [0.1, 0.15) is 12.3 Å². The maximum Gasteiger partial charge on any atom is 0.320 e. The minimum Gasteiger partial charge on any atom is -0.461 e. The number of nitrogen functional groups attached to an aromatic ring is 1. The molecule has 3 N–H and O–H groups in total. The number of amides is 1. The van der Waals surface area contributed by atoms with Crippen LogP contribution in [0.5, 0.6) is 6.01 Å². The molecule has 1 unspecified atom stereocenters. The van der Waals surface area contributed by atoms with Crippen molar-refractivity contribution >= 4 is 23.2 Å². The molecule has 1 saturated heterocycles. The van der Waals surface area contributed by atoms with Crippen LogP contribution in [-0.2, 0) is 16.1 Å². The predicted octanol–water partition coefficient (Wildman–Crippen LogP) is 1.28. The van der Waals surface area contributed by atoms with Crippen molar-refractivity contribution in [3.8, 4) is 6.01 Å². The third kappa shape index (κ3) is 3.92. The summed E-state index contributed by atoms with van der Waals surface area (Å²) in [5.41, 5.74) is 8.37. The smallest absolute Gasteiger partial charge is 0.320 e. The summed E-state index contributed by atoms with van der Waals surface area (Å²) in [7, 11) is 0. The first kappa shape index (κ1) is 17.5. The topological polar surface area (TPSA) is 115 Å². The summed E-state index contributed by atoms with van der Waals surface area (Å²) in [5.74, 6) is 0.568. The van der Waals surface area contributed by atoms with Gasteiger partial charge in [-0.05, 0) is 31.4 Å². The minimum atomic E-state index is -0.161. The summed E-state index contributed by atoms with van der Waals surface area (Å²) in [4.78, 5) is 26.9. The molecule has 27 heavy (non-hydrogen) atoms. The Labute approximate surface area is 156 Å². The van der Waals surface area contributed by atoms with Crippen LogP contribution in [0.25, 0.3) is 0 Å². The number of ether oxygens (including phenoxy) is 2. The highest BCUT2D eigenvalue weighted by atomic mass is 16.5. The van der Waals surface area contributed by atoms with Gasteiger partial charge in [0.2, 0.25) is 5.91 Å². The van der Waals surface area contributed by atoms with Crippen LogP contribution >= 0.6 is 0 Å². The number of aromatic nitrogens is 3. The Kier molecular flexibility index (Phi) is 4.76. The number of hydrogen-bond donors (Lipinski definition) is 2. The number of pyridine rings is 1. The summed E-state index contributed by atoms with van der Waals surface area (Å²) >= 11 is 0. The van der Waals surface area contributed by atoms with Crippen LogP contribution in [-0.4, -0.2) is 46.7 Å². The summed E-state index contributed by atoms with van der Waals surface area (Å²) in [5, 5.41) is 2.75. The van der Waals surface area contributed by atoms with E-state index >= 15 is 0 Å². The monoisotopic (exact) mass is 370 g/mol. The second-order valence-corrected chi connectivity index (χ2v) is 6.75. The van der Waals surface area contributed by atoms with E-state index in [1.54, 1.807) is 6.20 Å². The molecule has 2 aromatic heterocycles. The van der Waals surface area contributed by atoms with Gasteiger partial charge in [0.05, 0.1) is 12.6 Å². The molecule has 0 aliphatic carbocycles. The summed E-state index contributed by atoms with van der Waals surface area (Å²) in [6.45, 7) is 3.72. The van der Waals surface area contributed by atoms with Gasteiger partial charge in [-0.25, -0.2) is 0 Å². The third-order valence-electron chi connectivity index (χ3n) is 4.56. The van der Waals surface area contributed by atoms with E-state index in [4.69, 9.17) is 15.2 Å². The van der Waals surface area contributed by atoms with Crippen LogP contribution < -0.4 is 20.7 Å². The van der Waals surface area contributed by atoms with E-state index in [0.717, 1.165) is 30.7 Å². The van der Waals surface area contributed by atoms with Gasteiger partial charge in [-0.3, -0.25) is 9.78 Å². The van der Waals surface area contributed by atoms with Gasteiger partial charge < -0.3 is 25.4 Å². The van der Waals surface area contributed by atoms with Crippen LogP contribution in [0.4, 0.5) is 17.3 Å². The van der Waals surface area contributed by atoms with Crippen molar-refractivity contribution in [2.24, 2.45) is 0 Å². The van der Waals surface area contributed by atoms with Gasteiger partial charge in [0.25, 0.3) is 0 Å². The number of aryl methyl sites for hydroxylation is 1. The lowest BCUT2D eigenvalue weighted by molar-refractivity contribution is -0.115. The van der Waals surface area contributed by atoms with E-state index in [2.05, 4.69) is 20.3 Å². The van der Waals surface area contributed by atoms with Gasteiger partial charge in [-0.1, -0.05) is 6.07 Å². The van der Waals surface area contributed by atoms with Gasteiger partial charge in [0, 0.05) is 25.0 Å². The Bertz CT molecular complexity index is 836. The van der Waals surface area contributed by atoms with E-state index in [1.165, 1.54) is 0 Å². The lowest BCUT2D eigenvalue weighted by Crippen LogP contribution is -2.39. The summed E-state index contributed by atoms with van der Waals surface area (Å²) < 4.78 is 11.3. The molecular weight excluding hydrogens is 348 g/mol. The molecule has 0 bridgehead atoms. The van der Waals surface area contributed by atoms with Crippen LogP contribution in [0.3, 0.4) is 0 Å². The molecule has 0 saturated carbocycles. The fourth-order valence-corrected chi connectivity index (χ4v) is 3.17. The standard InChI is InChI=1S/C18H22N6O3/c1-11-4-5-12(7-20-11)8-24-9-14(25)21-15-16(19)22-18(23-17(15)24)27-10-13-3-2-6-26-13/h4-5,7,13H,2-3,6,8-10H2,1H3,(H,21,25)(H2,19,22,23). The second kappa shape index (κ2) is 7.36. The highest BCUT2D eigenvalue weighted by Gasteiger charge is 2.28. The average Bonchev–Trinajstić information content (AvgIpc) is 3.16. The van der Waals surface area contributed by atoms with E-state index < -0.39 is 0 Å². The Morgan fingerprint density at radius 1 is 1.41 bits per heavy atom. The molecular formula is C18H22N6O3. The molecule has 1 amide bonds. The number of rotatable bonds is 5. The van der Waals surface area contributed by atoms with Crippen LogP contribution in [0.15, 0.2) is 18.3 Å². The number of anilines is 3. The van der Waals surface area contributed by atoms with Gasteiger partial charge in [0.15, 0.2) is 11.6 Å². The van der Waals surface area contributed by atoms with E-state index in [0.29, 0.717) is 24.7 Å². The van der Waals surface area contributed by atoms with Crippen molar-refractivity contribution in [2.75, 3.05) is 35.7 Å². The van der Waals surface area contributed by atoms with E-state index in [-0.39, 0.29) is 30.4 Å². The molecule has 1 fully saturated rings. The lowest BCUT2D eigenvalue weighted by atomic mass is 10.2. The highest BCUT2D eigenvalue weighted by molar-refractivity contribution is 6.03. The second-order valence-electron chi connectivity index (χ2n) is 6.75. The molecule has 0 aromatic carbocycles. The molecule has 2 aliphatic heterocycles. The van der Waals surface area contributed by atoms with Gasteiger partial charge in [-0.2, -0.15) is 9.97 Å². The quantitative estimate of drug-likeness (QED) is 0.809. The average molecular weight is 370 g/mol. The Hall–Kier alpha value is -2.94. The zero-order valence-corrected chi connectivity index (χ0v) is 15.1. The minimum absolute atomic E-state index is 0.0558. The molecule has 4 heterocycles. The molecule has 0 radical (unpaired) electrons. The first-order chi connectivity index (χ1) is 13.1. The van der Waals surface area contributed by atoms with E-state index in [1.807, 2.05) is 24.0 Å².